The molecular weight excluding hydrogens is 238 g/mol. The number of aromatic amines is 1. The van der Waals surface area contributed by atoms with E-state index in [1.165, 1.54) is 5.56 Å². The number of H-pyrrole nitrogens is 1. The number of aromatic nitrogens is 2. The van der Waals surface area contributed by atoms with Gasteiger partial charge >= 0.3 is 5.69 Å². The monoisotopic (exact) mass is 261 g/mol. The molecule has 4 nitrogen and oxygen atoms in total. The minimum Gasteiger partial charge on any atom is -0.356 e. The minimum atomic E-state index is -0.219. The van der Waals surface area contributed by atoms with Gasteiger partial charge in [0.2, 0.25) is 0 Å². The lowest BCUT2D eigenvalue weighted by molar-refractivity contribution is 0.758. The quantitative estimate of drug-likeness (QED) is 0.847. The van der Waals surface area contributed by atoms with Crippen molar-refractivity contribution in [1.29, 1.82) is 0 Å². The van der Waals surface area contributed by atoms with Crippen LogP contribution in [0.25, 0.3) is 0 Å². The van der Waals surface area contributed by atoms with E-state index >= 15 is 0 Å². The van der Waals surface area contributed by atoms with Crippen LogP contribution in [0.3, 0.4) is 0 Å². The Morgan fingerprint density at radius 3 is 2.53 bits per heavy atom. The SMILES string of the molecule is CCCc1c(N2CCC=CCC2)nc(=O)[nH]c1CC. The van der Waals surface area contributed by atoms with Gasteiger partial charge in [-0.15, -0.1) is 0 Å². The normalized spacial score (nSPS) is 15.6. The molecule has 0 bridgehead atoms. The number of anilines is 1. The Kier molecular flexibility index (Phi) is 4.77. The molecule has 0 saturated heterocycles. The van der Waals surface area contributed by atoms with Crippen LogP contribution in [0.15, 0.2) is 16.9 Å². The van der Waals surface area contributed by atoms with Crippen LogP contribution < -0.4 is 10.6 Å². The maximum Gasteiger partial charge on any atom is 0.347 e. The molecule has 2 rings (SSSR count). The number of nitrogens with zero attached hydrogens (tertiary/aromatic N) is 2. The smallest absolute Gasteiger partial charge is 0.347 e. The van der Waals surface area contributed by atoms with Crippen molar-refractivity contribution in [3.05, 3.63) is 33.9 Å². The number of rotatable bonds is 4. The van der Waals surface area contributed by atoms with Gasteiger partial charge in [-0.25, -0.2) is 4.79 Å². The van der Waals surface area contributed by atoms with Crippen LogP contribution in [0, 0.1) is 0 Å². The highest BCUT2D eigenvalue weighted by molar-refractivity contribution is 5.49. The highest BCUT2D eigenvalue weighted by Crippen LogP contribution is 2.22. The van der Waals surface area contributed by atoms with Crippen molar-refractivity contribution in [3.8, 4) is 0 Å². The van der Waals surface area contributed by atoms with Gasteiger partial charge in [-0.3, -0.25) is 0 Å². The first-order valence-corrected chi connectivity index (χ1v) is 7.28. The van der Waals surface area contributed by atoms with Crippen LogP contribution >= 0.6 is 0 Å². The third-order valence-electron chi connectivity index (χ3n) is 3.55. The van der Waals surface area contributed by atoms with Crippen molar-refractivity contribution >= 4 is 5.82 Å². The average Bonchev–Trinajstić information content (AvgIpc) is 2.69. The van der Waals surface area contributed by atoms with Crippen molar-refractivity contribution in [1.82, 2.24) is 9.97 Å². The summed E-state index contributed by atoms with van der Waals surface area (Å²) in [6, 6.07) is 0. The zero-order chi connectivity index (χ0) is 13.7. The molecule has 19 heavy (non-hydrogen) atoms. The van der Waals surface area contributed by atoms with Crippen LogP contribution in [-0.2, 0) is 12.8 Å². The zero-order valence-electron chi connectivity index (χ0n) is 11.9. The molecule has 0 saturated carbocycles. The van der Waals surface area contributed by atoms with Crippen LogP contribution in [0.2, 0.25) is 0 Å². The Morgan fingerprint density at radius 1 is 1.26 bits per heavy atom. The molecule has 4 heteroatoms. The van der Waals surface area contributed by atoms with Gasteiger partial charge in [0.25, 0.3) is 0 Å². The van der Waals surface area contributed by atoms with Crippen LogP contribution in [0.5, 0.6) is 0 Å². The third-order valence-corrected chi connectivity index (χ3v) is 3.55. The van der Waals surface area contributed by atoms with E-state index in [1.54, 1.807) is 0 Å². The molecule has 1 N–H and O–H groups in total. The summed E-state index contributed by atoms with van der Waals surface area (Å²) in [5.74, 6) is 0.908. The number of nitrogens with one attached hydrogen (secondary N) is 1. The molecule has 0 aliphatic carbocycles. The maximum atomic E-state index is 11.7. The summed E-state index contributed by atoms with van der Waals surface area (Å²) in [5, 5.41) is 0. The molecule has 0 aromatic carbocycles. The van der Waals surface area contributed by atoms with Crippen molar-refractivity contribution in [3.63, 3.8) is 0 Å². The van der Waals surface area contributed by atoms with E-state index in [9.17, 15) is 4.79 Å². The predicted molar refractivity (Wildman–Crippen MR) is 78.8 cm³/mol. The summed E-state index contributed by atoms with van der Waals surface area (Å²) >= 11 is 0. The lowest BCUT2D eigenvalue weighted by Crippen LogP contribution is -2.30. The molecular formula is C15H23N3O. The Hall–Kier alpha value is -1.58. The van der Waals surface area contributed by atoms with E-state index in [0.29, 0.717) is 0 Å². The van der Waals surface area contributed by atoms with Crippen molar-refractivity contribution in [2.24, 2.45) is 0 Å². The fourth-order valence-electron chi connectivity index (χ4n) is 2.63. The highest BCUT2D eigenvalue weighted by Gasteiger charge is 2.17. The van der Waals surface area contributed by atoms with E-state index in [-0.39, 0.29) is 5.69 Å². The second-order valence-electron chi connectivity index (χ2n) is 4.96. The van der Waals surface area contributed by atoms with Gasteiger partial charge in [-0.1, -0.05) is 32.4 Å². The van der Waals surface area contributed by atoms with E-state index in [4.69, 9.17) is 0 Å². The minimum absolute atomic E-state index is 0.219. The summed E-state index contributed by atoms with van der Waals surface area (Å²) in [5.41, 5.74) is 2.06. The summed E-state index contributed by atoms with van der Waals surface area (Å²) < 4.78 is 0. The average molecular weight is 261 g/mol. The number of aryl methyl sites for hydroxylation is 1. The molecule has 1 aliphatic rings. The fourth-order valence-corrected chi connectivity index (χ4v) is 2.63. The molecule has 0 spiro atoms. The van der Waals surface area contributed by atoms with Crippen molar-refractivity contribution in [2.45, 2.75) is 46.0 Å². The summed E-state index contributed by atoms with van der Waals surface area (Å²) in [6.07, 6.45) is 9.39. The Labute approximate surface area is 114 Å². The highest BCUT2D eigenvalue weighted by atomic mass is 16.1. The van der Waals surface area contributed by atoms with Crippen LogP contribution in [-0.4, -0.2) is 23.1 Å². The van der Waals surface area contributed by atoms with E-state index < -0.39 is 0 Å². The maximum absolute atomic E-state index is 11.7. The topological polar surface area (TPSA) is 49.0 Å². The van der Waals surface area contributed by atoms with Gasteiger partial charge in [0.1, 0.15) is 5.82 Å². The summed E-state index contributed by atoms with van der Waals surface area (Å²) in [6.45, 7) is 6.15. The molecule has 2 heterocycles. The summed E-state index contributed by atoms with van der Waals surface area (Å²) in [4.78, 5) is 21.2. The lowest BCUT2D eigenvalue weighted by atomic mass is 10.1. The first-order chi connectivity index (χ1) is 9.26. The molecule has 1 aliphatic heterocycles. The molecule has 0 fully saturated rings. The molecule has 1 aromatic rings. The number of hydrogen-bond acceptors (Lipinski definition) is 3. The lowest BCUT2D eigenvalue weighted by Gasteiger charge is -2.25. The van der Waals surface area contributed by atoms with Gasteiger partial charge < -0.3 is 9.88 Å². The van der Waals surface area contributed by atoms with Crippen LogP contribution in [0.4, 0.5) is 5.82 Å². The van der Waals surface area contributed by atoms with Crippen molar-refractivity contribution < 1.29 is 0 Å². The van der Waals surface area contributed by atoms with Gasteiger partial charge in [-0.05, 0) is 25.7 Å². The molecule has 0 atom stereocenters. The molecule has 0 unspecified atom stereocenters. The molecule has 104 valence electrons. The second kappa shape index (κ2) is 6.55. The van der Waals surface area contributed by atoms with E-state index in [2.05, 4.69) is 40.9 Å². The fraction of sp³-hybridized carbons (Fsp3) is 0.600. The molecule has 0 radical (unpaired) electrons. The largest absolute Gasteiger partial charge is 0.356 e. The Bertz CT molecular complexity index is 495. The van der Waals surface area contributed by atoms with Gasteiger partial charge in [-0.2, -0.15) is 4.98 Å². The van der Waals surface area contributed by atoms with Gasteiger partial charge in [0.15, 0.2) is 0 Å². The molecule has 1 aromatic heterocycles. The third kappa shape index (κ3) is 3.25. The Balaban J connectivity index is 2.41. The van der Waals surface area contributed by atoms with Crippen LogP contribution in [0.1, 0.15) is 44.4 Å². The first-order valence-electron chi connectivity index (χ1n) is 7.28. The first kappa shape index (κ1) is 13.8. The van der Waals surface area contributed by atoms with Gasteiger partial charge in [0.05, 0.1) is 0 Å². The Morgan fingerprint density at radius 2 is 1.95 bits per heavy atom. The van der Waals surface area contributed by atoms with E-state index in [1.807, 2.05) is 0 Å². The second-order valence-corrected chi connectivity index (χ2v) is 4.96. The zero-order valence-corrected chi connectivity index (χ0v) is 11.9. The predicted octanol–water partition coefficient (Wildman–Crippen LogP) is 2.44. The summed E-state index contributed by atoms with van der Waals surface area (Å²) in [7, 11) is 0. The standard InChI is InChI=1S/C15H23N3O/c1-3-9-12-13(4-2)16-15(19)17-14(12)18-10-7-5-6-8-11-18/h5-6H,3-4,7-11H2,1-2H3,(H,16,17,19). The van der Waals surface area contributed by atoms with E-state index in [0.717, 1.165) is 56.7 Å². The van der Waals surface area contributed by atoms with Gasteiger partial charge in [0, 0.05) is 24.3 Å². The number of hydrogen-bond donors (Lipinski definition) is 1. The van der Waals surface area contributed by atoms with Crippen molar-refractivity contribution in [2.75, 3.05) is 18.0 Å². The molecule has 0 amide bonds.